The quantitative estimate of drug-likeness (QED) is 0.628. The van der Waals surface area contributed by atoms with Gasteiger partial charge in [-0.25, -0.2) is 9.97 Å². The van der Waals surface area contributed by atoms with Gasteiger partial charge in [-0.1, -0.05) is 36.4 Å². The summed E-state index contributed by atoms with van der Waals surface area (Å²) >= 11 is 0. The van der Waals surface area contributed by atoms with E-state index in [1.54, 1.807) is 18.5 Å². The Bertz CT molecular complexity index is 996. The number of amides is 2. The number of rotatable bonds is 7. The molecule has 2 aromatic heterocycles. The number of benzene rings is 1. The lowest BCUT2D eigenvalue weighted by Gasteiger charge is -2.31. The lowest BCUT2D eigenvalue weighted by molar-refractivity contribution is -0.134. The average Bonchev–Trinajstić information content (AvgIpc) is 3.29. The normalized spacial score (nSPS) is 14.4. The number of aryl methyl sites for hydroxylation is 1. The molecule has 1 saturated heterocycles. The van der Waals surface area contributed by atoms with Crippen molar-refractivity contribution in [3.8, 4) is 11.3 Å². The van der Waals surface area contributed by atoms with Crippen molar-refractivity contribution in [3.63, 3.8) is 0 Å². The Morgan fingerprint density at radius 3 is 2.55 bits per heavy atom. The number of likely N-dealkylation sites (tertiary alicyclic amines) is 1. The highest BCUT2D eigenvalue weighted by Crippen LogP contribution is 2.22. The molecular formula is C24H26N4O3. The van der Waals surface area contributed by atoms with Crippen LogP contribution in [0.2, 0.25) is 0 Å². The van der Waals surface area contributed by atoms with Crippen LogP contribution in [-0.4, -0.2) is 39.8 Å². The first kappa shape index (κ1) is 20.8. The van der Waals surface area contributed by atoms with Gasteiger partial charge in [-0.05, 0) is 31.4 Å². The van der Waals surface area contributed by atoms with E-state index in [2.05, 4.69) is 15.3 Å². The van der Waals surface area contributed by atoms with E-state index in [0.29, 0.717) is 56.9 Å². The van der Waals surface area contributed by atoms with Crippen LogP contribution in [0.5, 0.6) is 0 Å². The average molecular weight is 418 g/mol. The maximum atomic E-state index is 12.5. The predicted octanol–water partition coefficient (Wildman–Crippen LogP) is 3.94. The smallest absolute Gasteiger partial charge is 0.228 e. The van der Waals surface area contributed by atoms with Crippen LogP contribution in [-0.2, 0) is 16.0 Å². The second-order valence-corrected chi connectivity index (χ2v) is 7.70. The molecule has 7 heteroatoms. The summed E-state index contributed by atoms with van der Waals surface area (Å²) in [6.07, 6.45) is 6.49. The molecule has 0 saturated carbocycles. The number of anilines is 1. The van der Waals surface area contributed by atoms with Gasteiger partial charge < -0.3 is 14.6 Å². The fourth-order valence-electron chi connectivity index (χ4n) is 3.77. The van der Waals surface area contributed by atoms with Gasteiger partial charge in [-0.3, -0.25) is 9.59 Å². The zero-order valence-corrected chi connectivity index (χ0v) is 17.4. The number of aromatic nitrogens is 2. The highest BCUT2D eigenvalue weighted by Gasteiger charge is 2.27. The second kappa shape index (κ2) is 10.0. The van der Waals surface area contributed by atoms with Gasteiger partial charge in [-0.2, -0.15) is 0 Å². The molecule has 3 aromatic rings. The number of pyridine rings is 1. The van der Waals surface area contributed by atoms with E-state index in [-0.39, 0.29) is 17.7 Å². The number of piperidine rings is 1. The Kier molecular flexibility index (Phi) is 6.72. The summed E-state index contributed by atoms with van der Waals surface area (Å²) in [6, 6.07) is 15.3. The van der Waals surface area contributed by atoms with Crippen molar-refractivity contribution in [1.82, 2.24) is 14.9 Å². The largest absolute Gasteiger partial charge is 0.441 e. The Labute approximate surface area is 181 Å². The van der Waals surface area contributed by atoms with Crippen LogP contribution in [0.4, 0.5) is 5.82 Å². The van der Waals surface area contributed by atoms with Gasteiger partial charge >= 0.3 is 0 Å². The molecule has 0 radical (unpaired) electrons. The number of nitrogens with one attached hydrogen (secondary N) is 1. The number of nitrogens with zero attached hydrogens (tertiary/aromatic N) is 3. The van der Waals surface area contributed by atoms with Crippen molar-refractivity contribution >= 4 is 17.6 Å². The van der Waals surface area contributed by atoms with Crippen LogP contribution >= 0.6 is 0 Å². The molecule has 1 fully saturated rings. The number of carbonyl (C=O) groups is 2. The minimum atomic E-state index is -0.0882. The van der Waals surface area contributed by atoms with Crippen LogP contribution in [0.25, 0.3) is 11.3 Å². The topological polar surface area (TPSA) is 88.3 Å². The molecule has 31 heavy (non-hydrogen) atoms. The van der Waals surface area contributed by atoms with Gasteiger partial charge in [0.25, 0.3) is 0 Å². The summed E-state index contributed by atoms with van der Waals surface area (Å²) in [5.41, 5.74) is 0.993. The maximum Gasteiger partial charge on any atom is 0.228 e. The van der Waals surface area contributed by atoms with E-state index in [0.717, 1.165) is 11.3 Å². The first-order chi connectivity index (χ1) is 15.2. The van der Waals surface area contributed by atoms with Gasteiger partial charge in [0.2, 0.25) is 11.8 Å². The number of oxazole rings is 1. The van der Waals surface area contributed by atoms with Gasteiger partial charge in [0, 0.05) is 43.6 Å². The maximum absolute atomic E-state index is 12.5. The van der Waals surface area contributed by atoms with E-state index in [4.69, 9.17) is 4.42 Å². The van der Waals surface area contributed by atoms with Crippen LogP contribution in [0.3, 0.4) is 0 Å². The third kappa shape index (κ3) is 5.57. The molecule has 0 spiro atoms. The Hall–Kier alpha value is -3.48. The zero-order chi connectivity index (χ0) is 21.5. The molecule has 0 bridgehead atoms. The molecule has 1 aliphatic rings. The standard InChI is InChI=1S/C24H26N4O3/c29-23(11-6-10-22-26-17-20(31-22)18-7-2-1-3-8-18)28-15-12-19(13-16-28)24(30)27-21-9-4-5-14-25-21/h1-5,7-9,14,17,19H,6,10-13,15-16H2,(H,25,27,30). The summed E-state index contributed by atoms with van der Waals surface area (Å²) in [7, 11) is 0. The number of hydrogen-bond donors (Lipinski definition) is 1. The Morgan fingerprint density at radius 2 is 1.81 bits per heavy atom. The molecular weight excluding hydrogens is 392 g/mol. The molecule has 1 aromatic carbocycles. The highest BCUT2D eigenvalue weighted by molar-refractivity contribution is 5.91. The third-order valence-corrected chi connectivity index (χ3v) is 5.53. The zero-order valence-electron chi connectivity index (χ0n) is 17.4. The van der Waals surface area contributed by atoms with E-state index in [1.165, 1.54) is 0 Å². The molecule has 7 nitrogen and oxygen atoms in total. The molecule has 4 rings (SSSR count). The second-order valence-electron chi connectivity index (χ2n) is 7.70. The van der Waals surface area contributed by atoms with Crippen LogP contribution < -0.4 is 5.32 Å². The van der Waals surface area contributed by atoms with E-state index < -0.39 is 0 Å². The highest BCUT2D eigenvalue weighted by atomic mass is 16.4. The summed E-state index contributed by atoms with van der Waals surface area (Å²) < 4.78 is 5.80. The lowest BCUT2D eigenvalue weighted by atomic mass is 9.95. The molecule has 1 N–H and O–H groups in total. The Morgan fingerprint density at radius 1 is 1.03 bits per heavy atom. The van der Waals surface area contributed by atoms with Crippen molar-refractivity contribution in [2.24, 2.45) is 5.92 Å². The fraction of sp³-hybridized carbons (Fsp3) is 0.333. The third-order valence-electron chi connectivity index (χ3n) is 5.53. The molecule has 1 aliphatic heterocycles. The molecule has 3 heterocycles. The van der Waals surface area contributed by atoms with Crippen molar-refractivity contribution in [3.05, 3.63) is 66.8 Å². The summed E-state index contributed by atoms with van der Waals surface area (Å²) in [6.45, 7) is 1.21. The minimum Gasteiger partial charge on any atom is -0.441 e. The number of hydrogen-bond acceptors (Lipinski definition) is 5. The summed E-state index contributed by atoms with van der Waals surface area (Å²) in [4.78, 5) is 35.3. The molecule has 0 atom stereocenters. The summed E-state index contributed by atoms with van der Waals surface area (Å²) in [5, 5.41) is 2.85. The minimum absolute atomic E-state index is 0.0242. The molecule has 2 amide bonds. The predicted molar refractivity (Wildman–Crippen MR) is 117 cm³/mol. The van der Waals surface area contributed by atoms with Crippen molar-refractivity contribution in [2.45, 2.75) is 32.1 Å². The van der Waals surface area contributed by atoms with Crippen molar-refractivity contribution < 1.29 is 14.0 Å². The van der Waals surface area contributed by atoms with Crippen molar-refractivity contribution in [1.29, 1.82) is 0 Å². The summed E-state index contributed by atoms with van der Waals surface area (Å²) in [5.74, 6) is 1.97. The fourth-order valence-corrected chi connectivity index (χ4v) is 3.77. The van der Waals surface area contributed by atoms with Gasteiger partial charge in [0.05, 0.1) is 6.20 Å². The first-order valence-electron chi connectivity index (χ1n) is 10.7. The van der Waals surface area contributed by atoms with E-state index in [1.807, 2.05) is 47.4 Å². The van der Waals surface area contributed by atoms with E-state index in [9.17, 15) is 9.59 Å². The first-order valence-corrected chi connectivity index (χ1v) is 10.7. The van der Waals surface area contributed by atoms with Crippen molar-refractivity contribution in [2.75, 3.05) is 18.4 Å². The van der Waals surface area contributed by atoms with Gasteiger partial charge in [0.1, 0.15) is 5.82 Å². The van der Waals surface area contributed by atoms with Gasteiger partial charge in [0.15, 0.2) is 11.7 Å². The SMILES string of the molecule is O=C(Nc1ccccn1)C1CCN(C(=O)CCCc2ncc(-c3ccccc3)o2)CC1. The van der Waals surface area contributed by atoms with Gasteiger partial charge in [-0.15, -0.1) is 0 Å². The molecule has 0 aliphatic carbocycles. The van der Waals surface area contributed by atoms with E-state index >= 15 is 0 Å². The lowest BCUT2D eigenvalue weighted by Crippen LogP contribution is -2.41. The van der Waals surface area contributed by atoms with Crippen LogP contribution in [0, 0.1) is 5.92 Å². The Balaban J connectivity index is 1.18. The molecule has 0 unspecified atom stereocenters. The van der Waals surface area contributed by atoms with Crippen LogP contribution in [0.1, 0.15) is 31.6 Å². The van der Waals surface area contributed by atoms with Crippen LogP contribution in [0.15, 0.2) is 65.3 Å². The molecule has 160 valence electrons. The monoisotopic (exact) mass is 418 g/mol. The number of carbonyl (C=O) groups excluding carboxylic acids is 2.